The molecule has 6 nitrogen and oxygen atoms in total. The Morgan fingerprint density at radius 3 is 2.60 bits per heavy atom. The lowest BCUT2D eigenvalue weighted by Gasteiger charge is -2.31. The second-order valence-electron chi connectivity index (χ2n) is 6.93. The van der Waals surface area contributed by atoms with E-state index in [1.807, 2.05) is 13.8 Å². The lowest BCUT2D eigenvalue weighted by Crippen LogP contribution is -2.42. The predicted octanol–water partition coefficient (Wildman–Crippen LogP) is 2.44. The molecular formula is C18H25NO5S. The van der Waals surface area contributed by atoms with E-state index < -0.39 is 27.6 Å². The van der Waals surface area contributed by atoms with E-state index in [0.29, 0.717) is 25.8 Å². The molecule has 1 amide bonds. The average molecular weight is 367 g/mol. The van der Waals surface area contributed by atoms with Crippen LogP contribution in [0.4, 0.5) is 0 Å². The fourth-order valence-corrected chi connectivity index (χ4v) is 4.73. The van der Waals surface area contributed by atoms with Crippen LogP contribution >= 0.6 is 0 Å². The Morgan fingerprint density at radius 1 is 1.28 bits per heavy atom. The minimum absolute atomic E-state index is 0.00723. The molecule has 0 aromatic heterocycles. The summed E-state index contributed by atoms with van der Waals surface area (Å²) >= 11 is 0. The number of hydrogen-bond acceptors (Lipinski definition) is 4. The molecule has 1 aliphatic rings. The van der Waals surface area contributed by atoms with Gasteiger partial charge in [0.25, 0.3) is 5.91 Å². The van der Waals surface area contributed by atoms with Gasteiger partial charge in [-0.15, -0.1) is 0 Å². The zero-order valence-electron chi connectivity index (χ0n) is 14.6. The Hall–Kier alpha value is -1.89. The van der Waals surface area contributed by atoms with E-state index in [1.54, 1.807) is 12.1 Å². The first-order valence-corrected chi connectivity index (χ1v) is 10.2. The number of amides is 1. The van der Waals surface area contributed by atoms with E-state index in [0.717, 1.165) is 0 Å². The van der Waals surface area contributed by atoms with Crippen molar-refractivity contribution >= 4 is 21.7 Å². The van der Waals surface area contributed by atoms with Crippen molar-refractivity contribution in [3.8, 4) is 0 Å². The van der Waals surface area contributed by atoms with E-state index in [9.17, 15) is 23.1 Å². The van der Waals surface area contributed by atoms with Gasteiger partial charge in [-0.05, 0) is 37.3 Å². The summed E-state index contributed by atoms with van der Waals surface area (Å²) in [4.78, 5) is 25.5. The van der Waals surface area contributed by atoms with E-state index in [4.69, 9.17) is 0 Å². The maximum Gasteiger partial charge on any atom is 0.308 e. The summed E-state index contributed by atoms with van der Waals surface area (Å²) in [5.74, 6) is -1.68. The van der Waals surface area contributed by atoms with Crippen molar-refractivity contribution in [2.24, 2.45) is 11.8 Å². The molecular weight excluding hydrogens is 342 g/mol. The summed E-state index contributed by atoms with van der Waals surface area (Å²) in [6.45, 7) is 4.47. The maximum absolute atomic E-state index is 12.8. The first-order chi connectivity index (χ1) is 11.7. The Morgan fingerprint density at radius 2 is 1.96 bits per heavy atom. The van der Waals surface area contributed by atoms with Gasteiger partial charge in [0.05, 0.1) is 22.1 Å². The molecule has 0 bridgehead atoms. The standard InChI is InChI=1S/C18H25NO5S/c1-13(2)9-11-25(23,24)16-8-4-3-7-15(16)17(20)19-10-5-6-14(12-19)18(21)22/h3-4,7-8,13-14H,5-6,9-12H2,1-2H3,(H,21,22)/t14-/m0/s1. The number of sulfone groups is 1. The van der Waals surface area contributed by atoms with Crippen LogP contribution in [0.25, 0.3) is 0 Å². The number of piperidine rings is 1. The van der Waals surface area contributed by atoms with E-state index >= 15 is 0 Å². The van der Waals surface area contributed by atoms with Crippen molar-refractivity contribution in [1.82, 2.24) is 4.90 Å². The average Bonchev–Trinajstić information content (AvgIpc) is 2.59. The number of hydrogen-bond donors (Lipinski definition) is 1. The van der Waals surface area contributed by atoms with E-state index in [-0.39, 0.29) is 28.7 Å². The summed E-state index contributed by atoms with van der Waals surface area (Å²) in [5.41, 5.74) is 0.136. The summed E-state index contributed by atoms with van der Waals surface area (Å²) in [5, 5.41) is 9.18. The molecule has 1 atom stereocenters. The molecule has 7 heteroatoms. The van der Waals surface area contributed by atoms with Crippen LogP contribution in [0.3, 0.4) is 0 Å². The fraction of sp³-hybridized carbons (Fsp3) is 0.556. The highest BCUT2D eigenvalue weighted by molar-refractivity contribution is 7.91. The number of carboxylic acid groups (broad SMARTS) is 1. The molecule has 0 saturated carbocycles. The van der Waals surface area contributed by atoms with Crippen molar-refractivity contribution in [3.05, 3.63) is 29.8 Å². The molecule has 2 rings (SSSR count). The first-order valence-electron chi connectivity index (χ1n) is 8.56. The number of aliphatic carboxylic acids is 1. The van der Waals surface area contributed by atoms with Crippen LogP contribution in [-0.2, 0) is 14.6 Å². The van der Waals surface area contributed by atoms with E-state index in [2.05, 4.69) is 0 Å². The SMILES string of the molecule is CC(C)CCS(=O)(=O)c1ccccc1C(=O)N1CCC[C@H](C(=O)O)C1. The first kappa shape index (κ1) is 19.4. The zero-order chi connectivity index (χ0) is 18.6. The molecule has 0 unspecified atom stereocenters. The van der Waals surface area contributed by atoms with Gasteiger partial charge < -0.3 is 10.0 Å². The van der Waals surface area contributed by atoms with Gasteiger partial charge in [0.1, 0.15) is 0 Å². The molecule has 1 aliphatic heterocycles. The van der Waals surface area contributed by atoms with Crippen molar-refractivity contribution in [2.75, 3.05) is 18.8 Å². The largest absolute Gasteiger partial charge is 0.481 e. The van der Waals surface area contributed by atoms with Gasteiger partial charge in [-0.2, -0.15) is 0 Å². The minimum atomic E-state index is -3.56. The Balaban J connectivity index is 2.28. The van der Waals surface area contributed by atoms with Gasteiger partial charge in [-0.25, -0.2) is 8.42 Å². The maximum atomic E-state index is 12.8. The second kappa shape index (κ2) is 7.99. The van der Waals surface area contributed by atoms with Crippen LogP contribution in [0, 0.1) is 11.8 Å². The predicted molar refractivity (Wildman–Crippen MR) is 94.2 cm³/mol. The third kappa shape index (κ3) is 4.81. The van der Waals surface area contributed by atoms with Gasteiger partial charge in [0, 0.05) is 13.1 Å². The number of likely N-dealkylation sites (tertiary alicyclic amines) is 1. The van der Waals surface area contributed by atoms with Crippen molar-refractivity contribution in [2.45, 2.75) is 38.0 Å². The zero-order valence-corrected chi connectivity index (χ0v) is 15.5. The van der Waals surface area contributed by atoms with Crippen LogP contribution in [-0.4, -0.2) is 49.1 Å². The highest BCUT2D eigenvalue weighted by Gasteiger charge is 2.31. The van der Waals surface area contributed by atoms with E-state index in [1.165, 1.54) is 17.0 Å². The molecule has 1 fully saturated rings. The number of carbonyl (C=O) groups is 2. The Labute approximate surface area is 148 Å². The monoisotopic (exact) mass is 367 g/mol. The summed E-state index contributed by atoms with van der Waals surface area (Å²) < 4.78 is 25.3. The van der Waals surface area contributed by atoms with Crippen molar-refractivity contribution in [1.29, 1.82) is 0 Å². The quantitative estimate of drug-likeness (QED) is 0.834. The molecule has 1 aromatic carbocycles. The van der Waals surface area contributed by atoms with Gasteiger partial charge >= 0.3 is 5.97 Å². The molecule has 0 aliphatic carbocycles. The molecule has 1 N–H and O–H groups in total. The molecule has 1 saturated heterocycles. The number of benzene rings is 1. The van der Waals surface area contributed by atoms with Crippen LogP contribution in [0.1, 0.15) is 43.5 Å². The Bertz CT molecular complexity index is 742. The summed E-state index contributed by atoms with van der Waals surface area (Å²) in [7, 11) is -3.56. The lowest BCUT2D eigenvalue weighted by molar-refractivity contribution is -0.143. The van der Waals surface area contributed by atoms with Gasteiger partial charge in [-0.3, -0.25) is 9.59 Å². The Kier molecular flexibility index (Phi) is 6.21. The lowest BCUT2D eigenvalue weighted by atomic mass is 9.97. The smallest absolute Gasteiger partial charge is 0.308 e. The third-order valence-corrected chi connectivity index (χ3v) is 6.27. The molecule has 1 heterocycles. The van der Waals surface area contributed by atoms with Crippen molar-refractivity contribution in [3.63, 3.8) is 0 Å². The normalized spacial score (nSPS) is 18.4. The van der Waals surface area contributed by atoms with Gasteiger partial charge in [0.2, 0.25) is 0 Å². The third-order valence-electron chi connectivity index (χ3n) is 4.47. The minimum Gasteiger partial charge on any atom is -0.481 e. The van der Waals surface area contributed by atoms with Gasteiger partial charge in [-0.1, -0.05) is 26.0 Å². The number of rotatable bonds is 6. The molecule has 0 spiro atoms. The van der Waals surface area contributed by atoms with Crippen molar-refractivity contribution < 1.29 is 23.1 Å². The topological polar surface area (TPSA) is 91.8 Å². The molecule has 0 radical (unpaired) electrons. The molecule has 138 valence electrons. The number of carbonyl (C=O) groups excluding carboxylic acids is 1. The number of carboxylic acids is 1. The van der Waals surface area contributed by atoms with Crippen LogP contribution in [0.15, 0.2) is 29.2 Å². The highest BCUT2D eigenvalue weighted by Crippen LogP contribution is 2.24. The molecule has 1 aromatic rings. The second-order valence-corrected chi connectivity index (χ2v) is 9.00. The van der Waals surface area contributed by atoms with Crippen LogP contribution in [0.5, 0.6) is 0 Å². The summed E-state index contributed by atoms with van der Waals surface area (Å²) in [6, 6.07) is 6.21. The van der Waals surface area contributed by atoms with Crippen LogP contribution in [0.2, 0.25) is 0 Å². The van der Waals surface area contributed by atoms with Gasteiger partial charge in [0.15, 0.2) is 9.84 Å². The molecule has 25 heavy (non-hydrogen) atoms. The highest BCUT2D eigenvalue weighted by atomic mass is 32.2. The summed E-state index contributed by atoms with van der Waals surface area (Å²) in [6.07, 6.45) is 1.66. The van der Waals surface area contributed by atoms with Crippen LogP contribution < -0.4 is 0 Å². The fourth-order valence-electron chi connectivity index (χ4n) is 2.95. The number of nitrogens with zero attached hydrogens (tertiary/aromatic N) is 1.